The van der Waals surface area contributed by atoms with Crippen LogP contribution in [0.5, 0.6) is 5.75 Å². The normalized spacial score (nSPS) is 17.8. The Bertz CT molecular complexity index is 1090. The smallest absolute Gasteiger partial charge is 0.253 e. The highest BCUT2D eigenvalue weighted by atomic mass is 19.1. The maximum Gasteiger partial charge on any atom is 0.253 e. The standard InChI is InChI=1S/C25H24FN3O3/c1-32-21-4-2-3-19(13-21)22-15-29(25(31)18-5-7-20(26)8-6-18)16-23(22)24(30)28-14-17-9-11-27-12-10-17/h2-13,22-23H,14-16H2,1H3,(H,28,30). The van der Waals surface area contributed by atoms with E-state index in [0.29, 0.717) is 24.4 Å². The van der Waals surface area contributed by atoms with Gasteiger partial charge in [-0.2, -0.15) is 0 Å². The summed E-state index contributed by atoms with van der Waals surface area (Å²) in [6.45, 7) is 1.05. The summed E-state index contributed by atoms with van der Waals surface area (Å²) in [5, 5.41) is 2.99. The Labute approximate surface area is 186 Å². The van der Waals surface area contributed by atoms with E-state index in [-0.39, 0.29) is 24.3 Å². The van der Waals surface area contributed by atoms with E-state index in [4.69, 9.17) is 4.74 Å². The van der Waals surface area contributed by atoms with Crippen LogP contribution >= 0.6 is 0 Å². The molecule has 2 heterocycles. The summed E-state index contributed by atoms with van der Waals surface area (Å²) in [4.78, 5) is 31.9. The largest absolute Gasteiger partial charge is 0.497 e. The van der Waals surface area contributed by atoms with Crippen molar-refractivity contribution in [2.45, 2.75) is 12.5 Å². The van der Waals surface area contributed by atoms with Crippen LogP contribution in [-0.4, -0.2) is 41.9 Å². The third-order valence-electron chi connectivity index (χ3n) is 5.77. The maximum absolute atomic E-state index is 13.3. The number of hydrogen-bond donors (Lipinski definition) is 1. The van der Waals surface area contributed by atoms with Crippen LogP contribution in [0, 0.1) is 11.7 Å². The van der Waals surface area contributed by atoms with Gasteiger partial charge in [0.25, 0.3) is 5.91 Å². The number of carbonyl (C=O) groups excluding carboxylic acids is 2. The fraction of sp³-hybridized carbons (Fsp3) is 0.240. The number of amides is 2. The number of ether oxygens (including phenoxy) is 1. The van der Waals surface area contributed by atoms with Gasteiger partial charge in [-0.1, -0.05) is 12.1 Å². The second-order valence-corrected chi connectivity index (χ2v) is 7.78. The van der Waals surface area contributed by atoms with Crippen molar-refractivity contribution in [3.05, 3.63) is 95.6 Å². The molecule has 1 saturated heterocycles. The molecule has 0 aliphatic carbocycles. The molecule has 2 atom stereocenters. The van der Waals surface area contributed by atoms with E-state index in [1.165, 1.54) is 24.3 Å². The van der Waals surface area contributed by atoms with E-state index < -0.39 is 11.7 Å². The number of halogens is 1. The van der Waals surface area contributed by atoms with Crippen LogP contribution in [0.4, 0.5) is 4.39 Å². The maximum atomic E-state index is 13.3. The summed E-state index contributed by atoms with van der Waals surface area (Å²) < 4.78 is 18.6. The Morgan fingerprint density at radius 2 is 1.84 bits per heavy atom. The summed E-state index contributed by atoms with van der Waals surface area (Å²) in [5.74, 6) is -0.654. The van der Waals surface area contributed by atoms with E-state index in [1.54, 1.807) is 24.4 Å². The van der Waals surface area contributed by atoms with Gasteiger partial charge in [-0.25, -0.2) is 4.39 Å². The first kappa shape index (κ1) is 21.5. The van der Waals surface area contributed by atoms with Crippen molar-refractivity contribution in [2.24, 2.45) is 5.92 Å². The molecule has 0 saturated carbocycles. The highest BCUT2D eigenvalue weighted by Crippen LogP contribution is 2.35. The summed E-state index contributed by atoms with van der Waals surface area (Å²) in [5.41, 5.74) is 2.28. The van der Waals surface area contributed by atoms with Crippen molar-refractivity contribution in [2.75, 3.05) is 20.2 Å². The van der Waals surface area contributed by atoms with E-state index in [2.05, 4.69) is 10.3 Å². The van der Waals surface area contributed by atoms with Gasteiger partial charge in [-0.3, -0.25) is 14.6 Å². The number of likely N-dealkylation sites (tertiary alicyclic amines) is 1. The zero-order valence-electron chi connectivity index (χ0n) is 17.7. The number of benzene rings is 2. The molecule has 2 aromatic carbocycles. The van der Waals surface area contributed by atoms with Gasteiger partial charge in [0.05, 0.1) is 13.0 Å². The van der Waals surface area contributed by atoms with Gasteiger partial charge in [0.15, 0.2) is 0 Å². The van der Waals surface area contributed by atoms with Crippen LogP contribution in [0.1, 0.15) is 27.4 Å². The van der Waals surface area contributed by atoms with Crippen molar-refractivity contribution >= 4 is 11.8 Å². The summed E-state index contributed by atoms with van der Waals surface area (Å²) in [6.07, 6.45) is 3.36. The number of hydrogen-bond acceptors (Lipinski definition) is 4. The quantitative estimate of drug-likeness (QED) is 0.647. The van der Waals surface area contributed by atoms with Gasteiger partial charge in [-0.15, -0.1) is 0 Å². The third kappa shape index (κ3) is 4.77. The number of carbonyl (C=O) groups is 2. The predicted molar refractivity (Wildman–Crippen MR) is 118 cm³/mol. The Morgan fingerprint density at radius 3 is 2.56 bits per heavy atom. The lowest BCUT2D eigenvalue weighted by molar-refractivity contribution is -0.125. The molecule has 6 nitrogen and oxygen atoms in total. The molecule has 2 amide bonds. The summed E-state index contributed by atoms with van der Waals surface area (Å²) >= 11 is 0. The molecule has 1 aliphatic rings. The van der Waals surface area contributed by atoms with E-state index in [9.17, 15) is 14.0 Å². The Morgan fingerprint density at radius 1 is 1.09 bits per heavy atom. The lowest BCUT2D eigenvalue weighted by atomic mass is 9.88. The summed E-state index contributed by atoms with van der Waals surface area (Å²) in [7, 11) is 1.59. The zero-order chi connectivity index (χ0) is 22.5. The van der Waals surface area contributed by atoms with Gasteiger partial charge in [-0.05, 0) is 59.7 Å². The van der Waals surface area contributed by atoms with Crippen LogP contribution in [0.15, 0.2) is 73.1 Å². The molecule has 1 aromatic heterocycles. The molecule has 2 unspecified atom stereocenters. The molecule has 0 spiro atoms. The monoisotopic (exact) mass is 433 g/mol. The van der Waals surface area contributed by atoms with Gasteiger partial charge >= 0.3 is 0 Å². The molecule has 1 aliphatic heterocycles. The Balaban J connectivity index is 1.56. The highest BCUT2D eigenvalue weighted by Gasteiger charge is 2.40. The van der Waals surface area contributed by atoms with Crippen LogP contribution < -0.4 is 10.1 Å². The Hall–Kier alpha value is -3.74. The van der Waals surface area contributed by atoms with Crippen molar-refractivity contribution in [1.29, 1.82) is 0 Å². The van der Waals surface area contributed by atoms with E-state index in [1.807, 2.05) is 36.4 Å². The average molecular weight is 433 g/mol. The van der Waals surface area contributed by atoms with Crippen molar-refractivity contribution in [3.63, 3.8) is 0 Å². The fourth-order valence-electron chi connectivity index (χ4n) is 4.04. The zero-order valence-corrected chi connectivity index (χ0v) is 17.7. The lowest BCUT2D eigenvalue weighted by Gasteiger charge is -2.18. The number of methoxy groups -OCH3 is 1. The molecule has 4 rings (SSSR count). The predicted octanol–water partition coefficient (Wildman–Crippen LogP) is 3.40. The first-order chi connectivity index (χ1) is 15.5. The highest BCUT2D eigenvalue weighted by molar-refractivity contribution is 5.95. The molecule has 3 aromatic rings. The minimum Gasteiger partial charge on any atom is -0.497 e. The van der Waals surface area contributed by atoms with E-state index in [0.717, 1.165) is 11.1 Å². The number of pyridine rings is 1. The van der Waals surface area contributed by atoms with Crippen molar-refractivity contribution in [1.82, 2.24) is 15.2 Å². The van der Waals surface area contributed by atoms with Crippen molar-refractivity contribution in [3.8, 4) is 5.75 Å². The molecule has 0 bridgehead atoms. The van der Waals surface area contributed by atoms with Crippen LogP contribution in [0.3, 0.4) is 0 Å². The number of rotatable bonds is 6. The minimum absolute atomic E-state index is 0.121. The van der Waals surface area contributed by atoms with Gasteiger partial charge < -0.3 is 15.0 Å². The van der Waals surface area contributed by atoms with Crippen LogP contribution in [-0.2, 0) is 11.3 Å². The molecular formula is C25H24FN3O3. The second-order valence-electron chi connectivity index (χ2n) is 7.78. The molecule has 1 fully saturated rings. The molecule has 7 heteroatoms. The van der Waals surface area contributed by atoms with Gasteiger partial charge in [0.2, 0.25) is 5.91 Å². The topological polar surface area (TPSA) is 71.5 Å². The Kier molecular flexibility index (Phi) is 6.44. The van der Waals surface area contributed by atoms with Gasteiger partial charge in [0.1, 0.15) is 11.6 Å². The first-order valence-electron chi connectivity index (χ1n) is 10.4. The minimum atomic E-state index is -0.423. The fourth-order valence-corrected chi connectivity index (χ4v) is 4.04. The van der Waals surface area contributed by atoms with Crippen LogP contribution in [0.2, 0.25) is 0 Å². The number of nitrogens with zero attached hydrogens (tertiary/aromatic N) is 2. The first-order valence-corrected chi connectivity index (χ1v) is 10.4. The lowest BCUT2D eigenvalue weighted by Crippen LogP contribution is -2.35. The van der Waals surface area contributed by atoms with E-state index >= 15 is 0 Å². The molecule has 32 heavy (non-hydrogen) atoms. The van der Waals surface area contributed by atoms with Gasteiger partial charge in [0, 0.05) is 43.5 Å². The molecule has 0 radical (unpaired) electrons. The van der Waals surface area contributed by atoms with Crippen molar-refractivity contribution < 1.29 is 18.7 Å². The third-order valence-corrected chi connectivity index (χ3v) is 5.77. The van der Waals surface area contributed by atoms with Crippen LogP contribution in [0.25, 0.3) is 0 Å². The average Bonchev–Trinajstić information content (AvgIpc) is 3.29. The molecular weight excluding hydrogens is 409 g/mol. The number of nitrogens with one attached hydrogen (secondary N) is 1. The number of aromatic nitrogens is 1. The second kappa shape index (κ2) is 9.60. The summed E-state index contributed by atoms with van der Waals surface area (Å²) in [6, 6.07) is 16.7. The molecule has 164 valence electrons. The molecule has 1 N–H and O–H groups in total. The SMILES string of the molecule is COc1cccc(C2CN(C(=O)c3ccc(F)cc3)CC2C(=O)NCc2ccncc2)c1.